The van der Waals surface area contributed by atoms with Crippen LogP contribution in [0.1, 0.15) is 49.1 Å². The molecule has 3 heteroatoms. The van der Waals surface area contributed by atoms with Gasteiger partial charge in [0.25, 0.3) is 5.91 Å². The van der Waals surface area contributed by atoms with Crippen molar-refractivity contribution in [2.45, 2.75) is 53.2 Å². The summed E-state index contributed by atoms with van der Waals surface area (Å²) in [5, 5.41) is 3.02. The minimum Gasteiger partial charge on any atom is -0.481 e. The lowest BCUT2D eigenvalue weighted by Crippen LogP contribution is -2.37. The third-order valence-corrected chi connectivity index (χ3v) is 4.12. The maximum absolute atomic E-state index is 12.4. The van der Waals surface area contributed by atoms with Crippen LogP contribution >= 0.6 is 0 Å². The van der Waals surface area contributed by atoms with Crippen molar-refractivity contribution >= 4 is 5.91 Å². The van der Waals surface area contributed by atoms with E-state index < -0.39 is 6.10 Å². The molecule has 2 aromatic rings. The standard InChI is InChI=1S/C21H27NO2/c1-6-18-7-9-19(10-8-18)16(4)22-21(23)17(5)24-20-12-14(2)11-15(3)13-20/h7-13,16-17H,6H2,1-5H3,(H,22,23)/t16-,17+/m1/s1. The molecular formula is C21H27NO2. The second-order valence-corrected chi connectivity index (χ2v) is 6.41. The van der Waals surface area contributed by atoms with Crippen molar-refractivity contribution < 1.29 is 9.53 Å². The van der Waals surface area contributed by atoms with E-state index in [2.05, 4.69) is 42.6 Å². The second kappa shape index (κ2) is 8.00. The van der Waals surface area contributed by atoms with Crippen LogP contribution < -0.4 is 10.1 Å². The number of hydrogen-bond acceptors (Lipinski definition) is 2. The highest BCUT2D eigenvalue weighted by Crippen LogP contribution is 2.18. The number of rotatable bonds is 6. The molecule has 0 fully saturated rings. The summed E-state index contributed by atoms with van der Waals surface area (Å²) in [4.78, 5) is 12.4. The highest BCUT2D eigenvalue weighted by Gasteiger charge is 2.18. The SMILES string of the molecule is CCc1ccc([C@@H](C)NC(=O)[C@H](C)Oc2cc(C)cc(C)c2)cc1. The quantitative estimate of drug-likeness (QED) is 0.848. The fraction of sp³-hybridized carbons (Fsp3) is 0.381. The fourth-order valence-electron chi connectivity index (χ4n) is 2.71. The van der Waals surface area contributed by atoms with E-state index in [1.165, 1.54) is 5.56 Å². The molecule has 0 aliphatic heterocycles. The average molecular weight is 325 g/mol. The van der Waals surface area contributed by atoms with Crippen LogP contribution in [0.4, 0.5) is 0 Å². The maximum Gasteiger partial charge on any atom is 0.261 e. The lowest BCUT2D eigenvalue weighted by Gasteiger charge is -2.19. The molecule has 0 bridgehead atoms. The van der Waals surface area contributed by atoms with Crippen molar-refractivity contribution in [2.24, 2.45) is 0 Å². The molecule has 3 nitrogen and oxygen atoms in total. The highest BCUT2D eigenvalue weighted by molar-refractivity contribution is 5.81. The molecule has 0 unspecified atom stereocenters. The van der Waals surface area contributed by atoms with Gasteiger partial charge in [-0.15, -0.1) is 0 Å². The van der Waals surface area contributed by atoms with Crippen molar-refractivity contribution in [3.63, 3.8) is 0 Å². The van der Waals surface area contributed by atoms with E-state index in [0.29, 0.717) is 0 Å². The Hall–Kier alpha value is -2.29. The Kier molecular flexibility index (Phi) is 6.02. The van der Waals surface area contributed by atoms with Crippen LogP contribution in [-0.4, -0.2) is 12.0 Å². The van der Waals surface area contributed by atoms with E-state index in [1.54, 1.807) is 6.92 Å². The van der Waals surface area contributed by atoms with Gasteiger partial charge in [-0.25, -0.2) is 0 Å². The summed E-state index contributed by atoms with van der Waals surface area (Å²) in [6.07, 6.45) is 0.477. The molecule has 0 spiro atoms. The molecule has 0 aliphatic rings. The van der Waals surface area contributed by atoms with E-state index in [4.69, 9.17) is 4.74 Å². The Morgan fingerprint density at radius 1 is 1.04 bits per heavy atom. The number of carbonyl (C=O) groups is 1. The minimum atomic E-state index is -0.538. The molecule has 0 radical (unpaired) electrons. The van der Waals surface area contributed by atoms with Crippen LogP contribution in [0, 0.1) is 13.8 Å². The molecule has 1 amide bonds. The summed E-state index contributed by atoms with van der Waals surface area (Å²) in [6, 6.07) is 14.3. The molecule has 2 aromatic carbocycles. The van der Waals surface area contributed by atoms with E-state index in [0.717, 1.165) is 28.9 Å². The van der Waals surface area contributed by atoms with Gasteiger partial charge in [0.05, 0.1) is 6.04 Å². The monoisotopic (exact) mass is 325 g/mol. The molecular weight excluding hydrogens is 298 g/mol. The van der Waals surface area contributed by atoms with Crippen LogP contribution in [0.2, 0.25) is 0 Å². The predicted octanol–water partition coefficient (Wildman–Crippen LogP) is 4.51. The number of nitrogens with one attached hydrogen (secondary N) is 1. The lowest BCUT2D eigenvalue weighted by molar-refractivity contribution is -0.127. The van der Waals surface area contributed by atoms with E-state index >= 15 is 0 Å². The Morgan fingerprint density at radius 2 is 1.62 bits per heavy atom. The number of ether oxygens (including phenoxy) is 1. The molecule has 1 N–H and O–H groups in total. The number of amides is 1. The summed E-state index contributed by atoms with van der Waals surface area (Å²) in [6.45, 7) is 9.94. The van der Waals surface area contributed by atoms with Crippen LogP contribution in [-0.2, 0) is 11.2 Å². The lowest BCUT2D eigenvalue weighted by atomic mass is 10.0. The number of carbonyl (C=O) groups excluding carboxylic acids is 1. The molecule has 128 valence electrons. The first-order valence-electron chi connectivity index (χ1n) is 8.53. The molecule has 0 aliphatic carbocycles. The Balaban J connectivity index is 1.97. The highest BCUT2D eigenvalue weighted by atomic mass is 16.5. The third-order valence-electron chi connectivity index (χ3n) is 4.12. The molecule has 2 atom stereocenters. The van der Waals surface area contributed by atoms with Gasteiger partial charge >= 0.3 is 0 Å². The van der Waals surface area contributed by atoms with Crippen molar-refractivity contribution in [1.29, 1.82) is 0 Å². The predicted molar refractivity (Wildman–Crippen MR) is 98.4 cm³/mol. The summed E-state index contributed by atoms with van der Waals surface area (Å²) in [7, 11) is 0. The van der Waals surface area contributed by atoms with Crippen LogP contribution in [0.15, 0.2) is 42.5 Å². The normalized spacial score (nSPS) is 13.2. The van der Waals surface area contributed by atoms with Crippen molar-refractivity contribution in [1.82, 2.24) is 5.32 Å². The topological polar surface area (TPSA) is 38.3 Å². The first-order chi connectivity index (χ1) is 11.4. The summed E-state index contributed by atoms with van der Waals surface area (Å²) >= 11 is 0. The largest absolute Gasteiger partial charge is 0.481 e. The first-order valence-corrected chi connectivity index (χ1v) is 8.53. The molecule has 0 aromatic heterocycles. The average Bonchev–Trinajstić information content (AvgIpc) is 2.53. The van der Waals surface area contributed by atoms with Crippen molar-refractivity contribution in [3.05, 3.63) is 64.7 Å². The summed E-state index contributed by atoms with van der Waals surface area (Å²) in [5.41, 5.74) is 4.65. The molecule has 0 heterocycles. The van der Waals surface area contributed by atoms with Gasteiger partial charge in [-0.3, -0.25) is 4.79 Å². The Morgan fingerprint density at radius 3 is 2.17 bits per heavy atom. The van der Waals surface area contributed by atoms with Gasteiger partial charge in [0, 0.05) is 0 Å². The van der Waals surface area contributed by atoms with Crippen LogP contribution in [0.5, 0.6) is 5.75 Å². The maximum atomic E-state index is 12.4. The Labute approximate surface area is 145 Å². The number of benzene rings is 2. The zero-order valence-electron chi connectivity index (χ0n) is 15.2. The van der Waals surface area contributed by atoms with Gasteiger partial charge in [0.15, 0.2) is 6.10 Å². The summed E-state index contributed by atoms with van der Waals surface area (Å²) in [5.74, 6) is 0.622. The van der Waals surface area contributed by atoms with Gasteiger partial charge in [0.1, 0.15) is 5.75 Å². The zero-order valence-corrected chi connectivity index (χ0v) is 15.2. The van der Waals surface area contributed by atoms with Gasteiger partial charge in [0.2, 0.25) is 0 Å². The molecule has 24 heavy (non-hydrogen) atoms. The smallest absolute Gasteiger partial charge is 0.261 e. The van der Waals surface area contributed by atoms with E-state index in [-0.39, 0.29) is 11.9 Å². The van der Waals surface area contributed by atoms with Crippen LogP contribution in [0.25, 0.3) is 0 Å². The van der Waals surface area contributed by atoms with Gasteiger partial charge < -0.3 is 10.1 Å². The number of hydrogen-bond donors (Lipinski definition) is 1. The van der Waals surface area contributed by atoms with Crippen LogP contribution in [0.3, 0.4) is 0 Å². The Bertz CT molecular complexity index is 671. The number of aryl methyl sites for hydroxylation is 3. The summed E-state index contributed by atoms with van der Waals surface area (Å²) < 4.78 is 5.80. The third kappa shape index (κ3) is 4.85. The van der Waals surface area contributed by atoms with Gasteiger partial charge in [-0.05, 0) is 68.5 Å². The second-order valence-electron chi connectivity index (χ2n) is 6.41. The van der Waals surface area contributed by atoms with Crippen molar-refractivity contribution in [3.8, 4) is 5.75 Å². The zero-order chi connectivity index (χ0) is 17.7. The molecule has 2 rings (SSSR count). The van der Waals surface area contributed by atoms with Gasteiger partial charge in [-0.1, -0.05) is 37.3 Å². The fourth-order valence-corrected chi connectivity index (χ4v) is 2.71. The molecule has 0 saturated carbocycles. The minimum absolute atomic E-state index is 0.0475. The van der Waals surface area contributed by atoms with E-state index in [9.17, 15) is 4.79 Å². The molecule has 0 saturated heterocycles. The van der Waals surface area contributed by atoms with E-state index in [1.807, 2.05) is 32.9 Å². The first kappa shape index (κ1) is 18.1. The van der Waals surface area contributed by atoms with Crippen molar-refractivity contribution in [2.75, 3.05) is 0 Å². The van der Waals surface area contributed by atoms with Gasteiger partial charge in [-0.2, -0.15) is 0 Å².